The van der Waals surface area contributed by atoms with Gasteiger partial charge in [0.1, 0.15) is 0 Å². The second kappa shape index (κ2) is 11.2. The first-order chi connectivity index (χ1) is 12.5. The van der Waals surface area contributed by atoms with Crippen molar-refractivity contribution in [2.75, 3.05) is 36.1 Å². The lowest BCUT2D eigenvalue weighted by Crippen LogP contribution is -2.28. The van der Waals surface area contributed by atoms with Gasteiger partial charge < -0.3 is 22.1 Å². The minimum Gasteiger partial charge on any atom is -0.374 e. The van der Waals surface area contributed by atoms with Crippen LogP contribution in [0, 0.1) is 0 Å². The largest absolute Gasteiger partial charge is 0.374 e. The van der Waals surface area contributed by atoms with Crippen LogP contribution in [0.2, 0.25) is 0 Å². The Morgan fingerprint density at radius 3 is 1.58 bits per heavy atom. The quantitative estimate of drug-likeness (QED) is 0.288. The van der Waals surface area contributed by atoms with Crippen LogP contribution in [-0.2, 0) is 9.59 Å². The fraction of sp³-hybridized carbons (Fsp3) is 0.500. The molecule has 2 amide bonds. The maximum Gasteiger partial charge on any atom is 0.230 e. The molecule has 0 aliphatic heterocycles. The molecule has 2 aromatic heterocycles. The van der Waals surface area contributed by atoms with Crippen LogP contribution in [0.25, 0.3) is 0 Å². The summed E-state index contributed by atoms with van der Waals surface area (Å²) in [7, 11) is 0. The van der Waals surface area contributed by atoms with Gasteiger partial charge in [-0.05, 0) is 12.8 Å². The molecule has 0 atom stereocenters. The predicted octanol–water partition coefficient (Wildman–Crippen LogP) is 0.451. The van der Waals surface area contributed by atoms with E-state index in [-0.39, 0.29) is 23.3 Å². The number of anilines is 2. The zero-order chi connectivity index (χ0) is 18.8. The summed E-state index contributed by atoms with van der Waals surface area (Å²) in [5, 5.41) is 21.4. The van der Waals surface area contributed by atoms with E-state index in [1.165, 1.54) is 46.2 Å². The number of aromatic nitrogens is 4. The highest BCUT2D eigenvalue weighted by atomic mass is 32.2. The molecule has 0 unspecified atom stereocenters. The fourth-order valence-electron chi connectivity index (χ4n) is 1.62. The SMILES string of the molecule is Nc1nnc(SCC(=O)NCCCCNC(=O)CSc2nnc(N)s2)s1. The van der Waals surface area contributed by atoms with Gasteiger partial charge in [-0.1, -0.05) is 46.2 Å². The summed E-state index contributed by atoms with van der Waals surface area (Å²) in [5.41, 5.74) is 10.9. The van der Waals surface area contributed by atoms with Crippen molar-refractivity contribution in [3.05, 3.63) is 0 Å². The van der Waals surface area contributed by atoms with Crippen LogP contribution in [-0.4, -0.2) is 56.8 Å². The Morgan fingerprint density at radius 1 is 0.808 bits per heavy atom. The predicted molar refractivity (Wildman–Crippen MR) is 105 cm³/mol. The number of nitrogens with two attached hydrogens (primary N) is 2. The molecule has 26 heavy (non-hydrogen) atoms. The number of unbranched alkanes of at least 4 members (excludes halogenated alkanes) is 1. The lowest BCUT2D eigenvalue weighted by atomic mass is 10.3. The number of amides is 2. The molecule has 0 fully saturated rings. The van der Waals surface area contributed by atoms with Gasteiger partial charge in [-0.15, -0.1) is 20.4 Å². The molecule has 2 heterocycles. The average molecular weight is 435 g/mol. The van der Waals surface area contributed by atoms with Crippen LogP contribution >= 0.6 is 46.2 Å². The Bertz CT molecular complexity index is 661. The van der Waals surface area contributed by atoms with E-state index in [0.717, 1.165) is 12.8 Å². The maximum absolute atomic E-state index is 11.7. The zero-order valence-corrected chi connectivity index (χ0v) is 16.9. The van der Waals surface area contributed by atoms with Crippen LogP contribution in [0.1, 0.15) is 12.8 Å². The van der Waals surface area contributed by atoms with Crippen molar-refractivity contribution in [2.45, 2.75) is 21.5 Å². The van der Waals surface area contributed by atoms with E-state index in [0.29, 0.717) is 32.0 Å². The van der Waals surface area contributed by atoms with E-state index in [4.69, 9.17) is 11.5 Å². The van der Waals surface area contributed by atoms with Gasteiger partial charge in [0.25, 0.3) is 0 Å². The Morgan fingerprint density at radius 2 is 1.23 bits per heavy atom. The van der Waals surface area contributed by atoms with E-state index in [1.54, 1.807) is 0 Å². The van der Waals surface area contributed by atoms with Crippen LogP contribution in [0.4, 0.5) is 10.3 Å². The van der Waals surface area contributed by atoms with Gasteiger partial charge in [0, 0.05) is 13.1 Å². The molecule has 6 N–H and O–H groups in total. The average Bonchev–Trinajstić information content (AvgIpc) is 3.22. The number of hydrogen-bond donors (Lipinski definition) is 4. The number of nitrogen functional groups attached to an aromatic ring is 2. The molecule has 142 valence electrons. The number of nitrogens with zero attached hydrogens (tertiary/aromatic N) is 4. The third-order valence-corrected chi connectivity index (χ3v) is 6.52. The van der Waals surface area contributed by atoms with E-state index >= 15 is 0 Å². The summed E-state index contributed by atoms with van der Waals surface area (Å²) in [4.78, 5) is 23.4. The summed E-state index contributed by atoms with van der Waals surface area (Å²) < 4.78 is 1.35. The summed E-state index contributed by atoms with van der Waals surface area (Å²) in [5.74, 6) is 0.415. The van der Waals surface area contributed by atoms with Crippen LogP contribution in [0.3, 0.4) is 0 Å². The molecular weight excluding hydrogens is 416 g/mol. The smallest absolute Gasteiger partial charge is 0.230 e. The van der Waals surface area contributed by atoms with Gasteiger partial charge in [-0.2, -0.15) is 0 Å². The normalized spacial score (nSPS) is 10.6. The number of thioether (sulfide) groups is 2. The molecule has 0 aliphatic rings. The van der Waals surface area contributed by atoms with Crippen LogP contribution in [0.5, 0.6) is 0 Å². The molecule has 0 saturated heterocycles. The van der Waals surface area contributed by atoms with Crippen molar-refractivity contribution in [3.8, 4) is 0 Å². The first-order valence-electron chi connectivity index (χ1n) is 7.50. The molecule has 0 spiro atoms. The van der Waals surface area contributed by atoms with Gasteiger partial charge >= 0.3 is 0 Å². The second-order valence-electron chi connectivity index (χ2n) is 4.80. The van der Waals surface area contributed by atoms with Gasteiger partial charge in [0.2, 0.25) is 22.1 Å². The number of nitrogens with one attached hydrogen (secondary N) is 2. The molecular formula is C12H18N8O2S4. The number of rotatable bonds is 11. The van der Waals surface area contributed by atoms with Crippen molar-refractivity contribution in [3.63, 3.8) is 0 Å². The van der Waals surface area contributed by atoms with Crippen LogP contribution in [0.15, 0.2) is 8.68 Å². The summed E-state index contributed by atoms with van der Waals surface area (Å²) in [6.07, 6.45) is 1.56. The first-order valence-corrected chi connectivity index (χ1v) is 11.1. The Kier molecular flexibility index (Phi) is 8.87. The molecule has 0 aliphatic carbocycles. The van der Waals surface area contributed by atoms with E-state index in [2.05, 4.69) is 31.0 Å². The van der Waals surface area contributed by atoms with E-state index in [1.807, 2.05) is 0 Å². The highest BCUT2D eigenvalue weighted by Crippen LogP contribution is 2.23. The molecule has 2 rings (SSSR count). The molecule has 10 nitrogen and oxygen atoms in total. The molecule has 2 aromatic rings. The third-order valence-electron chi connectivity index (χ3n) is 2.75. The molecule has 0 radical (unpaired) electrons. The number of hydrogen-bond acceptors (Lipinski definition) is 12. The van der Waals surface area contributed by atoms with Gasteiger partial charge in [0.05, 0.1) is 11.5 Å². The van der Waals surface area contributed by atoms with Crippen molar-refractivity contribution in [1.29, 1.82) is 0 Å². The standard InChI is InChI=1S/C12H18N8O2S4/c13-9-17-19-11(25-9)23-5-7(21)15-3-1-2-4-16-8(22)6-24-12-20-18-10(14)26-12/h1-6H2,(H2,13,17)(H2,14,18)(H,15,21)(H,16,22). The molecule has 0 bridgehead atoms. The topological polar surface area (TPSA) is 162 Å². The van der Waals surface area contributed by atoms with Crippen LogP contribution < -0.4 is 22.1 Å². The monoisotopic (exact) mass is 434 g/mol. The molecule has 14 heteroatoms. The van der Waals surface area contributed by atoms with Crippen molar-refractivity contribution in [2.24, 2.45) is 0 Å². The Hall–Kier alpha value is -1.64. The maximum atomic E-state index is 11.7. The van der Waals surface area contributed by atoms with Gasteiger partial charge in [-0.25, -0.2) is 0 Å². The fourth-order valence-corrected chi connectivity index (χ4v) is 4.55. The minimum atomic E-state index is -0.0689. The van der Waals surface area contributed by atoms with Gasteiger partial charge in [-0.3, -0.25) is 9.59 Å². The van der Waals surface area contributed by atoms with Gasteiger partial charge in [0.15, 0.2) is 8.68 Å². The Labute approximate surface area is 166 Å². The summed E-state index contributed by atoms with van der Waals surface area (Å²) in [6.45, 7) is 1.12. The van der Waals surface area contributed by atoms with E-state index in [9.17, 15) is 9.59 Å². The number of carbonyl (C=O) groups is 2. The molecule has 0 aromatic carbocycles. The zero-order valence-electron chi connectivity index (χ0n) is 13.6. The highest BCUT2D eigenvalue weighted by Gasteiger charge is 2.07. The minimum absolute atomic E-state index is 0.0689. The third kappa shape index (κ3) is 8.16. The first kappa shape index (κ1) is 20.7. The number of carbonyl (C=O) groups excluding carboxylic acids is 2. The lowest BCUT2D eigenvalue weighted by molar-refractivity contribution is -0.119. The highest BCUT2D eigenvalue weighted by molar-refractivity contribution is 8.01. The van der Waals surface area contributed by atoms with Crippen molar-refractivity contribution < 1.29 is 9.59 Å². The Balaban J connectivity index is 1.44. The molecule has 0 saturated carbocycles. The van der Waals surface area contributed by atoms with Crippen molar-refractivity contribution >= 4 is 68.3 Å². The second-order valence-corrected chi connectivity index (χ2v) is 9.26. The van der Waals surface area contributed by atoms with E-state index < -0.39 is 0 Å². The van der Waals surface area contributed by atoms with Crippen molar-refractivity contribution in [1.82, 2.24) is 31.0 Å². The summed E-state index contributed by atoms with van der Waals surface area (Å²) >= 11 is 5.12. The summed E-state index contributed by atoms with van der Waals surface area (Å²) in [6, 6.07) is 0. The lowest BCUT2D eigenvalue weighted by Gasteiger charge is -2.06.